The van der Waals surface area contributed by atoms with E-state index in [1.165, 1.54) is 12.1 Å². The molecule has 3 aliphatic heterocycles. The molecule has 0 spiro atoms. The van der Waals surface area contributed by atoms with Crippen molar-refractivity contribution in [2.75, 3.05) is 6.54 Å². The SMILES string of the molecule is N[C@H](Cc1cc(F)c(F)cc1F)C1C[C@H]2CC[C@@H](C1)N2C(=O)CNC(=O)N1C(=O)c2ccccc2C1=O. The topological polar surface area (TPSA) is 113 Å². The van der Waals surface area contributed by atoms with E-state index in [1.807, 2.05) is 0 Å². The van der Waals surface area contributed by atoms with Crippen LogP contribution in [0.25, 0.3) is 0 Å². The third-order valence-corrected chi connectivity index (χ3v) is 7.60. The number of hydrogen-bond donors (Lipinski definition) is 2. The lowest BCUT2D eigenvalue weighted by Gasteiger charge is -2.41. The van der Waals surface area contributed by atoms with Crippen LogP contribution in [0.15, 0.2) is 36.4 Å². The number of carbonyl (C=O) groups is 4. The molecule has 0 saturated carbocycles. The number of urea groups is 1. The molecule has 8 nitrogen and oxygen atoms in total. The van der Waals surface area contributed by atoms with Crippen LogP contribution < -0.4 is 11.1 Å². The highest BCUT2D eigenvalue weighted by Gasteiger charge is 2.45. The van der Waals surface area contributed by atoms with E-state index in [1.54, 1.807) is 17.0 Å². The molecule has 2 bridgehead atoms. The van der Waals surface area contributed by atoms with Crippen LogP contribution in [0, 0.1) is 23.4 Å². The maximum Gasteiger partial charge on any atom is 0.332 e. The van der Waals surface area contributed by atoms with Crippen molar-refractivity contribution in [2.45, 2.75) is 50.2 Å². The largest absolute Gasteiger partial charge is 0.335 e. The second-order valence-electron chi connectivity index (χ2n) is 9.79. The van der Waals surface area contributed by atoms with Crippen molar-refractivity contribution >= 4 is 23.8 Å². The molecule has 1 unspecified atom stereocenters. The average molecular weight is 515 g/mol. The maximum absolute atomic E-state index is 14.1. The smallest absolute Gasteiger partial charge is 0.332 e. The molecule has 11 heteroatoms. The minimum absolute atomic E-state index is 0.00752. The third-order valence-electron chi connectivity index (χ3n) is 7.60. The Bertz CT molecular complexity index is 1250. The molecule has 0 aliphatic carbocycles. The molecule has 0 aromatic heterocycles. The summed E-state index contributed by atoms with van der Waals surface area (Å²) in [6, 6.07) is 5.71. The Morgan fingerprint density at radius 3 is 2.11 bits per heavy atom. The molecule has 4 atom stereocenters. The average Bonchev–Trinajstić information content (AvgIpc) is 3.29. The van der Waals surface area contributed by atoms with Gasteiger partial charge in [0.2, 0.25) is 5.91 Å². The van der Waals surface area contributed by atoms with E-state index in [4.69, 9.17) is 5.73 Å². The number of carbonyl (C=O) groups excluding carboxylic acids is 4. The third kappa shape index (κ3) is 4.48. The van der Waals surface area contributed by atoms with Gasteiger partial charge in [0.25, 0.3) is 11.8 Å². The van der Waals surface area contributed by atoms with Crippen LogP contribution in [-0.2, 0) is 11.2 Å². The molecule has 2 aromatic carbocycles. The molecule has 2 aromatic rings. The lowest BCUT2D eigenvalue weighted by atomic mass is 9.82. The molecular formula is C26H25F3N4O4. The number of nitrogens with two attached hydrogens (primary N) is 1. The summed E-state index contributed by atoms with van der Waals surface area (Å²) in [6.45, 7) is -0.379. The first kappa shape index (κ1) is 24.9. The van der Waals surface area contributed by atoms with Crippen LogP contribution in [0.1, 0.15) is 52.0 Å². The molecular weight excluding hydrogens is 489 g/mol. The summed E-state index contributed by atoms with van der Waals surface area (Å²) in [5.74, 6) is -5.10. The predicted molar refractivity (Wildman–Crippen MR) is 125 cm³/mol. The van der Waals surface area contributed by atoms with Crippen molar-refractivity contribution in [3.8, 4) is 0 Å². The number of nitrogens with one attached hydrogen (secondary N) is 1. The van der Waals surface area contributed by atoms with Gasteiger partial charge in [0.15, 0.2) is 11.6 Å². The molecule has 5 rings (SSSR count). The summed E-state index contributed by atoms with van der Waals surface area (Å²) >= 11 is 0. The van der Waals surface area contributed by atoms with Gasteiger partial charge in [-0.15, -0.1) is 0 Å². The highest BCUT2D eigenvalue weighted by Crippen LogP contribution is 2.40. The Morgan fingerprint density at radius 1 is 0.946 bits per heavy atom. The Hall–Kier alpha value is -3.73. The van der Waals surface area contributed by atoms with Gasteiger partial charge in [-0.25, -0.2) is 18.0 Å². The Kier molecular flexibility index (Phi) is 6.49. The van der Waals surface area contributed by atoms with Crippen LogP contribution in [0.4, 0.5) is 18.0 Å². The first-order chi connectivity index (χ1) is 17.7. The van der Waals surface area contributed by atoms with E-state index in [-0.39, 0.29) is 53.6 Å². The van der Waals surface area contributed by atoms with Gasteiger partial charge in [-0.2, -0.15) is 4.90 Å². The number of halogens is 3. The zero-order valence-electron chi connectivity index (χ0n) is 19.8. The summed E-state index contributed by atoms with van der Waals surface area (Å²) in [5.41, 5.74) is 6.60. The van der Waals surface area contributed by atoms with Crippen molar-refractivity contribution in [2.24, 2.45) is 11.7 Å². The molecule has 3 heterocycles. The molecule has 0 radical (unpaired) electrons. The number of nitrogens with zero attached hydrogens (tertiary/aromatic N) is 2. The molecule has 37 heavy (non-hydrogen) atoms. The Labute approximate surface area is 210 Å². The number of fused-ring (bicyclic) bond motifs is 3. The van der Waals surface area contributed by atoms with E-state index in [0.29, 0.717) is 23.8 Å². The first-order valence-electron chi connectivity index (χ1n) is 12.1. The van der Waals surface area contributed by atoms with Gasteiger partial charge in [-0.1, -0.05) is 12.1 Å². The van der Waals surface area contributed by atoms with Gasteiger partial charge in [-0.05, 0) is 61.8 Å². The number of imide groups is 3. The lowest BCUT2D eigenvalue weighted by Crippen LogP contribution is -2.54. The van der Waals surface area contributed by atoms with Crippen LogP contribution in [0.5, 0.6) is 0 Å². The highest BCUT2D eigenvalue weighted by atomic mass is 19.2. The fraction of sp³-hybridized carbons (Fsp3) is 0.385. The lowest BCUT2D eigenvalue weighted by molar-refractivity contribution is -0.135. The van der Waals surface area contributed by atoms with Gasteiger partial charge in [0, 0.05) is 24.2 Å². The quantitative estimate of drug-likeness (QED) is 0.471. The van der Waals surface area contributed by atoms with Crippen LogP contribution in [-0.4, -0.2) is 58.2 Å². The second kappa shape index (κ2) is 9.62. The number of amides is 5. The van der Waals surface area contributed by atoms with E-state index < -0.39 is 41.3 Å². The minimum Gasteiger partial charge on any atom is -0.335 e. The summed E-state index contributed by atoms with van der Waals surface area (Å²) in [7, 11) is 0. The predicted octanol–water partition coefficient (Wildman–Crippen LogP) is 2.75. The fourth-order valence-corrected chi connectivity index (χ4v) is 5.81. The van der Waals surface area contributed by atoms with E-state index in [2.05, 4.69) is 5.32 Å². The summed E-state index contributed by atoms with van der Waals surface area (Å²) in [4.78, 5) is 52.7. The maximum atomic E-state index is 14.1. The second-order valence-corrected chi connectivity index (χ2v) is 9.79. The molecule has 3 N–H and O–H groups in total. The van der Waals surface area contributed by atoms with Crippen LogP contribution >= 0.6 is 0 Å². The summed E-state index contributed by atoms with van der Waals surface area (Å²) in [6.07, 6.45) is 2.64. The monoisotopic (exact) mass is 514 g/mol. The van der Waals surface area contributed by atoms with Crippen LogP contribution in [0.3, 0.4) is 0 Å². The van der Waals surface area contributed by atoms with Crippen molar-refractivity contribution < 1.29 is 32.3 Å². The number of piperidine rings is 1. The van der Waals surface area contributed by atoms with E-state index >= 15 is 0 Å². The van der Waals surface area contributed by atoms with Crippen molar-refractivity contribution in [3.63, 3.8) is 0 Å². The molecule has 3 aliphatic rings. The van der Waals surface area contributed by atoms with Crippen molar-refractivity contribution in [1.29, 1.82) is 0 Å². The Balaban J connectivity index is 1.18. The zero-order chi connectivity index (χ0) is 26.4. The molecule has 2 fully saturated rings. The molecule has 2 saturated heterocycles. The van der Waals surface area contributed by atoms with Crippen molar-refractivity contribution in [3.05, 3.63) is 70.5 Å². The summed E-state index contributed by atoms with van der Waals surface area (Å²) in [5, 5.41) is 2.39. The molecule has 5 amide bonds. The first-order valence-corrected chi connectivity index (χ1v) is 12.1. The summed E-state index contributed by atoms with van der Waals surface area (Å²) < 4.78 is 40.9. The van der Waals surface area contributed by atoms with E-state index in [9.17, 15) is 32.3 Å². The number of rotatable bonds is 5. The van der Waals surface area contributed by atoms with Gasteiger partial charge >= 0.3 is 6.03 Å². The minimum atomic E-state index is -1.25. The van der Waals surface area contributed by atoms with Crippen LogP contribution in [0.2, 0.25) is 0 Å². The van der Waals surface area contributed by atoms with Gasteiger partial charge < -0.3 is 16.0 Å². The Morgan fingerprint density at radius 2 is 1.51 bits per heavy atom. The standard InChI is InChI=1S/C26H25F3N4O4/c27-19-11-21(29)20(28)9-13(19)10-22(30)14-7-15-5-6-16(8-14)32(15)23(34)12-31-26(37)33-24(35)17-3-1-2-4-18(17)25(33)36/h1-4,9,11,14-16,22H,5-8,10,12,30H2,(H,31,37)/t14?,15-,16+,22-/m1/s1. The van der Waals surface area contributed by atoms with Crippen molar-refractivity contribution in [1.82, 2.24) is 15.1 Å². The molecule has 194 valence electrons. The van der Waals surface area contributed by atoms with Gasteiger partial charge in [-0.3, -0.25) is 14.4 Å². The van der Waals surface area contributed by atoms with E-state index in [0.717, 1.165) is 18.9 Å². The van der Waals surface area contributed by atoms with Gasteiger partial charge in [0.1, 0.15) is 5.82 Å². The fourth-order valence-electron chi connectivity index (χ4n) is 5.81. The highest BCUT2D eigenvalue weighted by molar-refractivity contribution is 6.28. The van der Waals surface area contributed by atoms with Gasteiger partial charge in [0.05, 0.1) is 17.7 Å². The number of hydrogen-bond acceptors (Lipinski definition) is 5. The zero-order valence-corrected chi connectivity index (χ0v) is 19.8. The number of benzene rings is 2. The normalized spacial score (nSPS) is 23.3.